The quantitative estimate of drug-likeness (QED) is 0.750. The van der Waals surface area contributed by atoms with Gasteiger partial charge in [0.2, 0.25) is 15.9 Å². The minimum absolute atomic E-state index is 0.0862. The highest BCUT2D eigenvalue weighted by molar-refractivity contribution is 9.10. The molecule has 0 bridgehead atoms. The van der Waals surface area contributed by atoms with Gasteiger partial charge in [-0.15, -0.1) is 11.3 Å². The predicted molar refractivity (Wildman–Crippen MR) is 101 cm³/mol. The van der Waals surface area contributed by atoms with E-state index < -0.39 is 10.0 Å². The van der Waals surface area contributed by atoms with Gasteiger partial charge in [-0.25, -0.2) is 13.4 Å². The topological polar surface area (TPSA) is 79.4 Å². The van der Waals surface area contributed by atoms with Crippen molar-refractivity contribution in [3.8, 4) is 0 Å². The fourth-order valence-electron chi connectivity index (χ4n) is 2.67. The highest BCUT2D eigenvalue weighted by atomic mass is 79.9. The van der Waals surface area contributed by atoms with E-state index in [4.69, 9.17) is 11.6 Å². The lowest BCUT2D eigenvalue weighted by Crippen LogP contribution is -2.41. The Balaban J connectivity index is 1.66. The highest BCUT2D eigenvalue weighted by Gasteiger charge is 2.33. The van der Waals surface area contributed by atoms with Gasteiger partial charge in [0, 0.05) is 35.1 Å². The van der Waals surface area contributed by atoms with Crippen LogP contribution in [0.4, 0.5) is 5.13 Å². The summed E-state index contributed by atoms with van der Waals surface area (Å²) in [4.78, 5) is 16.4. The van der Waals surface area contributed by atoms with Crippen molar-refractivity contribution in [2.45, 2.75) is 17.7 Å². The number of rotatable bonds is 4. The monoisotopic (exact) mass is 463 g/mol. The zero-order chi connectivity index (χ0) is 18.0. The fraction of sp³-hybridized carbons (Fsp3) is 0.333. The average molecular weight is 465 g/mol. The summed E-state index contributed by atoms with van der Waals surface area (Å²) in [6.45, 7) is 0.565. The zero-order valence-corrected chi connectivity index (χ0v) is 17.0. The molecular weight excluding hydrogens is 450 g/mol. The number of benzene rings is 1. The van der Waals surface area contributed by atoms with Crippen LogP contribution in [0.2, 0.25) is 5.02 Å². The van der Waals surface area contributed by atoms with E-state index in [0.717, 1.165) is 0 Å². The lowest BCUT2D eigenvalue weighted by atomic mass is 9.97. The van der Waals surface area contributed by atoms with Crippen molar-refractivity contribution < 1.29 is 13.2 Å². The molecule has 0 unspecified atom stereocenters. The average Bonchev–Trinajstić information content (AvgIpc) is 3.07. The van der Waals surface area contributed by atoms with Crippen LogP contribution in [0, 0.1) is 5.92 Å². The molecule has 10 heteroatoms. The third kappa shape index (κ3) is 4.22. The smallest absolute Gasteiger partial charge is 0.244 e. The molecule has 0 aliphatic carbocycles. The molecule has 3 rings (SSSR count). The number of hydrogen-bond donors (Lipinski definition) is 1. The molecule has 1 aromatic carbocycles. The minimum atomic E-state index is -3.67. The van der Waals surface area contributed by atoms with Gasteiger partial charge in [0.25, 0.3) is 0 Å². The number of carbonyl (C=O) groups excluding carboxylic acids is 1. The molecule has 2 aromatic rings. The van der Waals surface area contributed by atoms with Crippen LogP contribution < -0.4 is 5.32 Å². The molecule has 6 nitrogen and oxygen atoms in total. The summed E-state index contributed by atoms with van der Waals surface area (Å²) in [6, 6.07) is 4.69. The van der Waals surface area contributed by atoms with Gasteiger partial charge < -0.3 is 5.32 Å². The summed E-state index contributed by atoms with van der Waals surface area (Å²) in [5, 5.41) is 5.29. The normalized spacial score (nSPS) is 16.7. The van der Waals surface area contributed by atoms with Gasteiger partial charge in [-0.2, -0.15) is 4.31 Å². The number of aromatic nitrogens is 1. The second-order valence-corrected chi connectivity index (χ2v) is 9.70. The molecule has 1 amide bonds. The van der Waals surface area contributed by atoms with Crippen LogP contribution in [-0.2, 0) is 14.8 Å². The van der Waals surface area contributed by atoms with Crippen molar-refractivity contribution in [2.24, 2.45) is 5.92 Å². The first-order valence-corrected chi connectivity index (χ1v) is 11.0. The van der Waals surface area contributed by atoms with Crippen LogP contribution >= 0.6 is 38.9 Å². The number of hydrogen-bond acceptors (Lipinski definition) is 5. The summed E-state index contributed by atoms with van der Waals surface area (Å²) in [7, 11) is -3.67. The fourth-order valence-corrected chi connectivity index (χ4v) is 5.69. The lowest BCUT2D eigenvalue weighted by molar-refractivity contribution is -0.120. The zero-order valence-electron chi connectivity index (χ0n) is 13.0. The van der Waals surface area contributed by atoms with E-state index in [2.05, 4.69) is 26.2 Å². The molecule has 0 radical (unpaired) electrons. The van der Waals surface area contributed by atoms with Crippen LogP contribution in [0.5, 0.6) is 0 Å². The first-order valence-electron chi connectivity index (χ1n) is 7.53. The Morgan fingerprint density at radius 2 is 2.08 bits per heavy atom. The summed E-state index contributed by atoms with van der Waals surface area (Å²) in [6.07, 6.45) is 2.55. The molecule has 1 fully saturated rings. The Kier molecular flexibility index (Phi) is 5.79. The van der Waals surface area contributed by atoms with Gasteiger partial charge in [-0.3, -0.25) is 4.79 Å². The SMILES string of the molecule is O=C(Nc1nccs1)C1CCN(S(=O)(=O)c2ccc(Br)cc2Cl)CC1. The largest absolute Gasteiger partial charge is 0.302 e. The number of thiazole rings is 1. The molecular formula is C15H15BrClN3O3S2. The number of piperidine rings is 1. The third-order valence-electron chi connectivity index (χ3n) is 4.00. The molecule has 1 aliphatic rings. The van der Waals surface area contributed by atoms with Crippen molar-refractivity contribution in [3.63, 3.8) is 0 Å². The van der Waals surface area contributed by atoms with E-state index in [9.17, 15) is 13.2 Å². The van der Waals surface area contributed by atoms with Crippen LogP contribution in [-0.4, -0.2) is 36.7 Å². The molecule has 0 spiro atoms. The Hall–Kier alpha value is -1.000. The number of carbonyl (C=O) groups is 1. The van der Waals surface area contributed by atoms with Crippen molar-refractivity contribution in [2.75, 3.05) is 18.4 Å². The number of amides is 1. The van der Waals surface area contributed by atoms with Crippen LogP contribution in [0.25, 0.3) is 0 Å². The Morgan fingerprint density at radius 3 is 2.68 bits per heavy atom. The maximum absolute atomic E-state index is 12.8. The molecule has 1 saturated heterocycles. The van der Waals surface area contributed by atoms with Gasteiger partial charge in [-0.1, -0.05) is 27.5 Å². The molecule has 134 valence electrons. The van der Waals surface area contributed by atoms with Crippen LogP contribution in [0.15, 0.2) is 39.1 Å². The number of anilines is 1. The predicted octanol–water partition coefficient (Wildman–Crippen LogP) is 3.60. The third-order valence-corrected chi connectivity index (χ3v) is 7.56. The molecule has 1 aromatic heterocycles. The Bertz CT molecular complexity index is 866. The van der Waals surface area contributed by atoms with E-state index in [1.54, 1.807) is 23.7 Å². The first kappa shape index (κ1) is 18.8. The van der Waals surface area contributed by atoms with Gasteiger partial charge >= 0.3 is 0 Å². The molecule has 2 heterocycles. The van der Waals surface area contributed by atoms with Crippen molar-refractivity contribution in [1.29, 1.82) is 0 Å². The molecule has 0 atom stereocenters. The van der Waals surface area contributed by atoms with Crippen molar-refractivity contribution in [3.05, 3.63) is 39.3 Å². The number of sulfonamides is 1. The second kappa shape index (κ2) is 7.71. The summed E-state index contributed by atoms with van der Waals surface area (Å²) >= 11 is 10.7. The van der Waals surface area contributed by atoms with E-state index in [-0.39, 0.29) is 34.8 Å². The van der Waals surface area contributed by atoms with E-state index >= 15 is 0 Å². The van der Waals surface area contributed by atoms with Crippen molar-refractivity contribution >= 4 is 59.9 Å². The van der Waals surface area contributed by atoms with E-state index in [1.165, 1.54) is 21.7 Å². The number of nitrogens with one attached hydrogen (secondary N) is 1. The Labute approximate surface area is 163 Å². The summed E-state index contributed by atoms with van der Waals surface area (Å²) in [5.74, 6) is -0.343. The summed E-state index contributed by atoms with van der Waals surface area (Å²) in [5.41, 5.74) is 0. The van der Waals surface area contributed by atoms with Crippen molar-refractivity contribution in [1.82, 2.24) is 9.29 Å². The maximum Gasteiger partial charge on any atom is 0.244 e. The number of nitrogens with zero attached hydrogens (tertiary/aromatic N) is 2. The lowest BCUT2D eigenvalue weighted by Gasteiger charge is -2.30. The first-order chi connectivity index (χ1) is 11.9. The van der Waals surface area contributed by atoms with Gasteiger partial charge in [0.1, 0.15) is 4.90 Å². The van der Waals surface area contributed by atoms with Crippen LogP contribution in [0.3, 0.4) is 0 Å². The van der Waals surface area contributed by atoms with E-state index in [0.29, 0.717) is 22.4 Å². The Morgan fingerprint density at radius 1 is 1.36 bits per heavy atom. The maximum atomic E-state index is 12.8. The van der Waals surface area contributed by atoms with Gasteiger partial charge in [0.05, 0.1) is 5.02 Å². The van der Waals surface area contributed by atoms with Crippen LogP contribution in [0.1, 0.15) is 12.8 Å². The molecule has 1 N–H and O–H groups in total. The highest BCUT2D eigenvalue weighted by Crippen LogP contribution is 2.30. The molecule has 0 saturated carbocycles. The minimum Gasteiger partial charge on any atom is -0.302 e. The second-order valence-electron chi connectivity index (χ2n) is 5.58. The van der Waals surface area contributed by atoms with E-state index in [1.807, 2.05) is 0 Å². The molecule has 25 heavy (non-hydrogen) atoms. The van der Waals surface area contributed by atoms with Gasteiger partial charge in [0.15, 0.2) is 5.13 Å². The molecule has 1 aliphatic heterocycles. The standard InChI is InChI=1S/C15H15BrClN3O3S2/c16-11-1-2-13(12(17)9-11)25(22,23)20-6-3-10(4-7-20)14(21)19-15-18-5-8-24-15/h1-2,5,8-10H,3-4,6-7H2,(H,18,19,21). The number of halogens is 2. The summed E-state index contributed by atoms with van der Waals surface area (Å²) < 4.78 is 27.6. The van der Waals surface area contributed by atoms with Gasteiger partial charge in [-0.05, 0) is 31.0 Å².